The van der Waals surface area contributed by atoms with E-state index in [2.05, 4.69) is 10.2 Å². The molecule has 0 aliphatic carbocycles. The maximum absolute atomic E-state index is 9.35. The molecule has 9 heavy (non-hydrogen) atoms. The summed E-state index contributed by atoms with van der Waals surface area (Å²) in [6.07, 6.45) is 2.99. The first-order chi connectivity index (χ1) is 4.15. The summed E-state index contributed by atoms with van der Waals surface area (Å²) in [6.45, 7) is 0. The molecule has 0 aromatic carbocycles. The van der Waals surface area contributed by atoms with Crippen molar-refractivity contribution >= 4 is 0 Å². The number of rotatable bonds is 1. The summed E-state index contributed by atoms with van der Waals surface area (Å²) < 4.78 is 0. The smallest absolute Gasteiger partial charge is 0.256 e. The summed E-state index contributed by atoms with van der Waals surface area (Å²) in [5.74, 6) is -1.19. The predicted octanol–water partition coefficient (Wildman–Crippen LogP) is 0.174. The number of azo groups is 1. The highest BCUT2D eigenvalue weighted by atomic mass is 16.3. The lowest BCUT2D eigenvalue weighted by molar-refractivity contribution is -0.0308. The van der Waals surface area contributed by atoms with Crippen molar-refractivity contribution in [2.75, 3.05) is 14.1 Å². The van der Waals surface area contributed by atoms with Crippen LogP contribution in [0.1, 0.15) is 0 Å². The second-order valence-electron chi connectivity index (χ2n) is 2.11. The van der Waals surface area contributed by atoms with Gasteiger partial charge in [0.1, 0.15) is 0 Å². The van der Waals surface area contributed by atoms with E-state index < -0.39 is 5.85 Å². The van der Waals surface area contributed by atoms with Crippen LogP contribution < -0.4 is 0 Å². The summed E-state index contributed by atoms with van der Waals surface area (Å²) in [5.41, 5.74) is 0. The first kappa shape index (κ1) is 6.38. The lowest BCUT2D eigenvalue weighted by Crippen LogP contribution is -2.38. The van der Waals surface area contributed by atoms with Gasteiger partial charge in [0.25, 0.3) is 5.85 Å². The van der Waals surface area contributed by atoms with Gasteiger partial charge in [-0.25, -0.2) is 0 Å². The van der Waals surface area contributed by atoms with E-state index in [0.29, 0.717) is 0 Å². The zero-order valence-electron chi connectivity index (χ0n) is 5.44. The maximum atomic E-state index is 9.35. The van der Waals surface area contributed by atoms with Gasteiger partial charge in [-0.2, -0.15) is 5.11 Å². The average molecular weight is 127 g/mol. The minimum atomic E-state index is -1.19. The molecule has 1 heterocycles. The van der Waals surface area contributed by atoms with E-state index in [1.54, 1.807) is 19.0 Å². The quantitative estimate of drug-likeness (QED) is 0.510. The lowest BCUT2D eigenvalue weighted by Gasteiger charge is -2.22. The molecule has 50 valence electrons. The highest BCUT2D eigenvalue weighted by Crippen LogP contribution is 2.16. The fraction of sp³-hybridized carbons (Fsp3) is 0.600. The van der Waals surface area contributed by atoms with Crippen molar-refractivity contribution in [3.8, 4) is 0 Å². The van der Waals surface area contributed by atoms with E-state index in [1.165, 1.54) is 12.3 Å². The summed E-state index contributed by atoms with van der Waals surface area (Å²) >= 11 is 0. The summed E-state index contributed by atoms with van der Waals surface area (Å²) in [6, 6.07) is 0. The zero-order chi connectivity index (χ0) is 6.91. The molecule has 4 heteroatoms. The number of hydrogen-bond donors (Lipinski definition) is 1. The van der Waals surface area contributed by atoms with Gasteiger partial charge < -0.3 is 5.11 Å². The van der Waals surface area contributed by atoms with Gasteiger partial charge in [0.2, 0.25) is 0 Å². The first-order valence-corrected chi connectivity index (χ1v) is 2.65. The van der Waals surface area contributed by atoms with Crippen LogP contribution in [0.2, 0.25) is 0 Å². The third-order valence-electron chi connectivity index (χ3n) is 1.23. The SMILES string of the molecule is CN(C)C1(O)C=CN=N1. The van der Waals surface area contributed by atoms with Gasteiger partial charge in [-0.15, -0.1) is 5.11 Å². The van der Waals surface area contributed by atoms with Crippen LogP contribution in [0.4, 0.5) is 0 Å². The van der Waals surface area contributed by atoms with Crippen molar-refractivity contribution in [1.82, 2.24) is 4.90 Å². The Labute approximate surface area is 53.5 Å². The van der Waals surface area contributed by atoms with Crippen LogP contribution >= 0.6 is 0 Å². The van der Waals surface area contributed by atoms with Crippen LogP contribution in [0.25, 0.3) is 0 Å². The average Bonchev–Trinajstić information content (AvgIpc) is 2.16. The topological polar surface area (TPSA) is 48.2 Å². The van der Waals surface area contributed by atoms with Gasteiger partial charge in [0.05, 0.1) is 6.20 Å². The van der Waals surface area contributed by atoms with E-state index in [0.717, 1.165) is 0 Å². The van der Waals surface area contributed by atoms with Crippen molar-refractivity contribution in [2.24, 2.45) is 10.2 Å². The Morgan fingerprint density at radius 3 is 2.44 bits per heavy atom. The molecule has 0 saturated heterocycles. The molecule has 1 rings (SSSR count). The van der Waals surface area contributed by atoms with Crippen LogP contribution in [0.5, 0.6) is 0 Å². The summed E-state index contributed by atoms with van der Waals surface area (Å²) in [7, 11) is 3.46. The summed E-state index contributed by atoms with van der Waals surface area (Å²) in [5, 5.41) is 16.4. The van der Waals surface area contributed by atoms with Gasteiger partial charge in [0, 0.05) is 6.08 Å². The minimum absolute atomic E-state index is 1.19. The zero-order valence-corrected chi connectivity index (χ0v) is 5.44. The van der Waals surface area contributed by atoms with Crippen LogP contribution in [0, 0.1) is 0 Å². The lowest BCUT2D eigenvalue weighted by atomic mass is 10.4. The molecule has 0 spiro atoms. The van der Waals surface area contributed by atoms with Gasteiger partial charge in [0.15, 0.2) is 0 Å². The second kappa shape index (κ2) is 1.89. The molecule has 0 fully saturated rings. The summed E-state index contributed by atoms with van der Waals surface area (Å²) in [4.78, 5) is 1.57. The number of likely N-dealkylation sites (N-methyl/N-ethyl adjacent to an activating group) is 1. The Bertz CT molecular complexity index is 150. The first-order valence-electron chi connectivity index (χ1n) is 2.65. The molecule has 1 unspecified atom stereocenters. The van der Waals surface area contributed by atoms with Crippen LogP contribution in [0.15, 0.2) is 22.5 Å². The van der Waals surface area contributed by atoms with Gasteiger partial charge in [-0.3, -0.25) is 4.90 Å². The highest BCUT2D eigenvalue weighted by molar-refractivity contribution is 5.00. The molecular formula is C5H9N3O. The van der Waals surface area contributed by atoms with Crippen molar-refractivity contribution < 1.29 is 5.11 Å². The predicted molar refractivity (Wildman–Crippen MR) is 32.6 cm³/mol. The van der Waals surface area contributed by atoms with Crippen LogP contribution in [0.3, 0.4) is 0 Å². The Morgan fingerprint density at radius 1 is 1.56 bits per heavy atom. The third kappa shape index (κ3) is 0.988. The second-order valence-corrected chi connectivity index (χ2v) is 2.11. The molecule has 1 N–H and O–H groups in total. The standard InChI is InChI=1S/C5H9N3O/c1-8(2)5(9)3-4-6-7-5/h3-4,9H,1-2H3. The van der Waals surface area contributed by atoms with E-state index >= 15 is 0 Å². The van der Waals surface area contributed by atoms with Crippen molar-refractivity contribution in [3.05, 3.63) is 12.3 Å². The molecule has 0 aromatic heterocycles. The molecule has 4 nitrogen and oxygen atoms in total. The fourth-order valence-electron chi connectivity index (χ4n) is 0.523. The molecule has 1 atom stereocenters. The van der Waals surface area contributed by atoms with Crippen molar-refractivity contribution in [3.63, 3.8) is 0 Å². The molecule has 0 saturated carbocycles. The van der Waals surface area contributed by atoms with Gasteiger partial charge >= 0.3 is 0 Å². The molecule has 1 aliphatic rings. The normalized spacial score (nSPS) is 32.4. The fourth-order valence-corrected chi connectivity index (χ4v) is 0.523. The Hall–Kier alpha value is -0.740. The van der Waals surface area contributed by atoms with E-state index in [9.17, 15) is 5.11 Å². The number of nitrogens with zero attached hydrogens (tertiary/aromatic N) is 3. The molecule has 0 radical (unpaired) electrons. The van der Waals surface area contributed by atoms with Crippen LogP contribution in [-0.4, -0.2) is 30.0 Å². The van der Waals surface area contributed by atoms with Crippen molar-refractivity contribution in [1.29, 1.82) is 0 Å². The number of aliphatic hydroxyl groups is 1. The highest BCUT2D eigenvalue weighted by Gasteiger charge is 2.27. The molecule has 0 aromatic rings. The van der Waals surface area contributed by atoms with E-state index in [1.807, 2.05) is 0 Å². The molecule has 1 aliphatic heterocycles. The molecular weight excluding hydrogens is 118 g/mol. The van der Waals surface area contributed by atoms with Crippen LogP contribution in [-0.2, 0) is 0 Å². The van der Waals surface area contributed by atoms with E-state index in [-0.39, 0.29) is 0 Å². The van der Waals surface area contributed by atoms with E-state index in [4.69, 9.17) is 0 Å². The largest absolute Gasteiger partial charge is 0.353 e. The number of hydrogen-bond acceptors (Lipinski definition) is 4. The van der Waals surface area contributed by atoms with Gasteiger partial charge in [-0.05, 0) is 14.1 Å². The van der Waals surface area contributed by atoms with Crippen molar-refractivity contribution in [2.45, 2.75) is 5.85 Å². The van der Waals surface area contributed by atoms with Gasteiger partial charge in [-0.1, -0.05) is 0 Å². The Morgan fingerprint density at radius 2 is 2.22 bits per heavy atom. The maximum Gasteiger partial charge on any atom is 0.256 e. The molecule has 0 bridgehead atoms. The minimum Gasteiger partial charge on any atom is -0.353 e. The Balaban J connectivity index is 2.75. The third-order valence-corrected chi connectivity index (χ3v) is 1.23. The molecule has 0 amide bonds. The Kier molecular flexibility index (Phi) is 1.34. The monoisotopic (exact) mass is 127 g/mol.